The van der Waals surface area contributed by atoms with Crippen LogP contribution in [0.25, 0.3) is 0 Å². The molecule has 0 radical (unpaired) electrons. The Kier molecular flexibility index (Phi) is 4.28. The molecule has 1 saturated heterocycles. The maximum absolute atomic E-state index is 12.7. The summed E-state index contributed by atoms with van der Waals surface area (Å²) in [5.74, 6) is 0.338. The third kappa shape index (κ3) is 3.11. The van der Waals surface area contributed by atoms with Crippen LogP contribution in [-0.4, -0.2) is 49.8 Å². The van der Waals surface area contributed by atoms with Crippen molar-refractivity contribution in [1.82, 2.24) is 9.21 Å². The second-order valence-corrected chi connectivity index (χ2v) is 8.10. The predicted molar refractivity (Wildman–Crippen MR) is 84.1 cm³/mol. The predicted octanol–water partition coefficient (Wildman–Crippen LogP) is 2.20. The van der Waals surface area contributed by atoms with Gasteiger partial charge in [0.25, 0.3) is 0 Å². The summed E-state index contributed by atoms with van der Waals surface area (Å²) in [5.41, 5.74) is 1.91. The smallest absolute Gasteiger partial charge is 0.243 e. The molecule has 0 bridgehead atoms. The van der Waals surface area contributed by atoms with Gasteiger partial charge in [-0.25, -0.2) is 8.42 Å². The van der Waals surface area contributed by atoms with Crippen molar-refractivity contribution in [3.05, 3.63) is 29.3 Å². The van der Waals surface area contributed by atoms with Crippen molar-refractivity contribution in [2.24, 2.45) is 0 Å². The Morgan fingerprint density at radius 3 is 2.43 bits per heavy atom. The molecule has 1 aromatic rings. The SMILES string of the molecule is Cc1ccc(S(=O)(=O)N2CCN(C3CC3)CC2)cc1CCl. The highest BCUT2D eigenvalue weighted by molar-refractivity contribution is 7.89. The molecule has 1 aliphatic heterocycles. The molecule has 0 aromatic heterocycles. The summed E-state index contributed by atoms with van der Waals surface area (Å²) in [4.78, 5) is 2.77. The summed E-state index contributed by atoms with van der Waals surface area (Å²) in [6.07, 6.45) is 2.54. The largest absolute Gasteiger partial charge is 0.298 e. The van der Waals surface area contributed by atoms with Crippen molar-refractivity contribution in [3.63, 3.8) is 0 Å². The lowest BCUT2D eigenvalue weighted by Gasteiger charge is -2.34. The molecule has 0 unspecified atom stereocenters. The zero-order valence-electron chi connectivity index (χ0n) is 12.3. The van der Waals surface area contributed by atoms with Crippen LogP contribution in [-0.2, 0) is 15.9 Å². The Balaban J connectivity index is 1.77. The maximum atomic E-state index is 12.7. The molecule has 1 aliphatic carbocycles. The van der Waals surface area contributed by atoms with Crippen LogP contribution < -0.4 is 0 Å². The Morgan fingerprint density at radius 1 is 1.19 bits per heavy atom. The number of rotatable bonds is 4. The first-order chi connectivity index (χ1) is 10.0. The first-order valence-electron chi connectivity index (χ1n) is 7.42. The summed E-state index contributed by atoms with van der Waals surface area (Å²) >= 11 is 5.89. The summed E-state index contributed by atoms with van der Waals surface area (Å²) < 4.78 is 27.1. The molecule has 0 atom stereocenters. The van der Waals surface area contributed by atoms with Gasteiger partial charge in [-0.1, -0.05) is 6.07 Å². The van der Waals surface area contributed by atoms with Crippen LogP contribution in [0, 0.1) is 6.92 Å². The van der Waals surface area contributed by atoms with Gasteiger partial charge in [-0.2, -0.15) is 4.31 Å². The van der Waals surface area contributed by atoms with Crippen LogP contribution >= 0.6 is 11.6 Å². The topological polar surface area (TPSA) is 40.6 Å². The molecule has 2 fully saturated rings. The highest BCUT2D eigenvalue weighted by atomic mass is 35.5. The lowest BCUT2D eigenvalue weighted by Crippen LogP contribution is -2.49. The number of hydrogen-bond donors (Lipinski definition) is 0. The van der Waals surface area contributed by atoms with E-state index >= 15 is 0 Å². The Hall–Kier alpha value is -0.620. The fourth-order valence-electron chi connectivity index (χ4n) is 2.85. The first kappa shape index (κ1) is 15.3. The van der Waals surface area contributed by atoms with E-state index in [1.807, 2.05) is 13.0 Å². The molecule has 3 rings (SSSR count). The van der Waals surface area contributed by atoms with Crippen molar-refractivity contribution in [1.29, 1.82) is 0 Å². The van der Waals surface area contributed by atoms with Crippen LogP contribution in [0.4, 0.5) is 0 Å². The molecule has 0 amide bonds. The molecular weight excluding hydrogens is 308 g/mol. The lowest BCUT2D eigenvalue weighted by molar-refractivity contribution is 0.180. The number of aryl methyl sites for hydroxylation is 1. The van der Waals surface area contributed by atoms with E-state index < -0.39 is 10.0 Å². The van der Waals surface area contributed by atoms with E-state index in [2.05, 4.69) is 4.90 Å². The number of benzene rings is 1. The van der Waals surface area contributed by atoms with Crippen LogP contribution in [0.15, 0.2) is 23.1 Å². The van der Waals surface area contributed by atoms with E-state index in [4.69, 9.17) is 11.6 Å². The first-order valence-corrected chi connectivity index (χ1v) is 9.39. The Morgan fingerprint density at radius 2 is 1.86 bits per heavy atom. The maximum Gasteiger partial charge on any atom is 0.243 e. The lowest BCUT2D eigenvalue weighted by atomic mass is 10.1. The molecular formula is C15H21ClN2O2S. The van der Waals surface area contributed by atoms with Crippen LogP contribution in [0.3, 0.4) is 0 Å². The van der Waals surface area contributed by atoms with E-state index in [1.54, 1.807) is 16.4 Å². The van der Waals surface area contributed by atoms with Gasteiger partial charge in [0.1, 0.15) is 0 Å². The molecule has 21 heavy (non-hydrogen) atoms. The van der Waals surface area contributed by atoms with E-state index in [1.165, 1.54) is 12.8 Å². The number of sulfonamides is 1. The van der Waals surface area contributed by atoms with Crippen molar-refractivity contribution in [3.8, 4) is 0 Å². The molecule has 116 valence electrons. The molecule has 0 N–H and O–H groups in total. The second kappa shape index (κ2) is 5.88. The van der Waals surface area contributed by atoms with Crippen molar-refractivity contribution < 1.29 is 8.42 Å². The van der Waals surface area contributed by atoms with Crippen molar-refractivity contribution in [2.75, 3.05) is 26.2 Å². The zero-order valence-corrected chi connectivity index (χ0v) is 13.8. The molecule has 6 heteroatoms. The van der Waals surface area contributed by atoms with Gasteiger partial charge in [0, 0.05) is 38.1 Å². The minimum atomic E-state index is -3.39. The monoisotopic (exact) mass is 328 g/mol. The number of nitrogens with zero attached hydrogens (tertiary/aromatic N) is 2. The van der Waals surface area contributed by atoms with Gasteiger partial charge in [-0.3, -0.25) is 4.90 Å². The molecule has 1 aromatic carbocycles. The fraction of sp³-hybridized carbons (Fsp3) is 0.600. The van der Waals surface area contributed by atoms with Gasteiger partial charge in [0.15, 0.2) is 0 Å². The Bertz CT molecular complexity index is 621. The van der Waals surface area contributed by atoms with Gasteiger partial charge in [-0.15, -0.1) is 11.6 Å². The number of hydrogen-bond acceptors (Lipinski definition) is 3. The van der Waals surface area contributed by atoms with Gasteiger partial charge in [0.2, 0.25) is 10.0 Å². The summed E-state index contributed by atoms with van der Waals surface area (Å²) in [6.45, 7) is 4.81. The van der Waals surface area contributed by atoms with Gasteiger partial charge >= 0.3 is 0 Å². The average molecular weight is 329 g/mol. The van der Waals surface area contributed by atoms with Crippen LogP contribution in [0.5, 0.6) is 0 Å². The van der Waals surface area contributed by atoms with E-state index in [9.17, 15) is 8.42 Å². The average Bonchev–Trinajstić information content (AvgIpc) is 3.32. The molecule has 1 heterocycles. The van der Waals surface area contributed by atoms with Crippen LogP contribution in [0.2, 0.25) is 0 Å². The molecule has 4 nitrogen and oxygen atoms in total. The van der Waals surface area contributed by atoms with Crippen LogP contribution in [0.1, 0.15) is 24.0 Å². The Labute approximate surface area is 131 Å². The number of alkyl halides is 1. The van der Waals surface area contributed by atoms with Gasteiger partial charge in [-0.05, 0) is 43.0 Å². The third-order valence-corrected chi connectivity index (χ3v) is 6.62. The fourth-order valence-corrected chi connectivity index (χ4v) is 4.61. The van der Waals surface area contributed by atoms with Crippen molar-refractivity contribution >= 4 is 21.6 Å². The highest BCUT2D eigenvalue weighted by Gasteiger charge is 2.34. The van der Waals surface area contributed by atoms with E-state index in [0.29, 0.717) is 29.9 Å². The third-order valence-electron chi connectivity index (χ3n) is 4.44. The standard InChI is InChI=1S/C15H21ClN2O2S/c1-12-2-5-15(10-13(12)11-16)21(19,20)18-8-6-17(7-9-18)14-3-4-14/h2,5,10,14H,3-4,6-9,11H2,1H3. The quantitative estimate of drug-likeness (QED) is 0.796. The number of halogens is 1. The highest BCUT2D eigenvalue weighted by Crippen LogP contribution is 2.29. The number of piperazine rings is 1. The van der Waals surface area contributed by atoms with Gasteiger partial charge < -0.3 is 0 Å². The van der Waals surface area contributed by atoms with Crippen molar-refractivity contribution in [2.45, 2.75) is 36.6 Å². The molecule has 2 aliphatic rings. The normalized spacial score (nSPS) is 21.6. The minimum absolute atomic E-state index is 0.338. The zero-order chi connectivity index (χ0) is 15.0. The van der Waals surface area contributed by atoms with E-state index in [0.717, 1.165) is 24.2 Å². The summed E-state index contributed by atoms with van der Waals surface area (Å²) in [5, 5.41) is 0. The molecule has 1 saturated carbocycles. The van der Waals surface area contributed by atoms with E-state index in [-0.39, 0.29) is 0 Å². The second-order valence-electron chi connectivity index (χ2n) is 5.89. The minimum Gasteiger partial charge on any atom is -0.298 e. The van der Waals surface area contributed by atoms with Gasteiger partial charge in [0.05, 0.1) is 4.90 Å². The molecule has 0 spiro atoms. The summed E-state index contributed by atoms with van der Waals surface area (Å²) in [7, 11) is -3.39. The summed E-state index contributed by atoms with van der Waals surface area (Å²) in [6, 6.07) is 5.95.